The maximum atomic E-state index is 12.9. The SMILES string of the molecule is CCC(C)CC(NC(=O)c1ccc2c(c1)nc(CC1CCCC1)n2C1CCCCC1)C(=O)O. The first-order chi connectivity index (χ1) is 16.0. The number of amides is 1. The van der Waals surface area contributed by atoms with Gasteiger partial charge < -0.3 is 15.0 Å². The van der Waals surface area contributed by atoms with Gasteiger partial charge in [-0.2, -0.15) is 0 Å². The molecule has 2 unspecified atom stereocenters. The second kappa shape index (κ2) is 10.7. The topological polar surface area (TPSA) is 84.2 Å². The van der Waals surface area contributed by atoms with Gasteiger partial charge in [-0.15, -0.1) is 0 Å². The molecule has 180 valence electrons. The molecule has 1 aromatic carbocycles. The number of carboxylic acids is 1. The van der Waals surface area contributed by atoms with Crippen molar-refractivity contribution in [3.8, 4) is 0 Å². The van der Waals surface area contributed by atoms with Crippen LogP contribution < -0.4 is 5.32 Å². The van der Waals surface area contributed by atoms with Crippen LogP contribution in [0, 0.1) is 11.8 Å². The fourth-order valence-electron chi connectivity index (χ4n) is 5.69. The molecule has 2 aliphatic rings. The number of benzene rings is 1. The molecule has 2 N–H and O–H groups in total. The average molecular weight is 454 g/mol. The van der Waals surface area contributed by atoms with E-state index in [4.69, 9.17) is 4.98 Å². The minimum absolute atomic E-state index is 0.234. The van der Waals surface area contributed by atoms with Gasteiger partial charge in [0.2, 0.25) is 0 Å². The maximum absolute atomic E-state index is 12.9. The Labute approximate surface area is 197 Å². The number of carbonyl (C=O) groups excluding carboxylic acids is 1. The molecular formula is C27H39N3O3. The van der Waals surface area contributed by atoms with Gasteiger partial charge in [-0.25, -0.2) is 9.78 Å². The van der Waals surface area contributed by atoms with Crippen LogP contribution in [0.5, 0.6) is 0 Å². The highest BCUT2D eigenvalue weighted by atomic mass is 16.4. The first-order valence-corrected chi connectivity index (χ1v) is 13.0. The Bertz CT molecular complexity index is 970. The van der Waals surface area contributed by atoms with E-state index >= 15 is 0 Å². The molecule has 0 spiro atoms. The van der Waals surface area contributed by atoms with Crippen molar-refractivity contribution < 1.29 is 14.7 Å². The van der Waals surface area contributed by atoms with Gasteiger partial charge in [0.15, 0.2) is 0 Å². The van der Waals surface area contributed by atoms with E-state index in [1.54, 1.807) is 0 Å². The van der Waals surface area contributed by atoms with Crippen molar-refractivity contribution in [3.63, 3.8) is 0 Å². The van der Waals surface area contributed by atoms with Crippen LogP contribution in [0.15, 0.2) is 18.2 Å². The summed E-state index contributed by atoms with van der Waals surface area (Å²) in [4.78, 5) is 29.7. The lowest BCUT2D eigenvalue weighted by Gasteiger charge is -2.26. The number of rotatable bonds is 9. The van der Waals surface area contributed by atoms with Gasteiger partial charge in [0.25, 0.3) is 5.91 Å². The number of imidazole rings is 1. The van der Waals surface area contributed by atoms with E-state index in [2.05, 4.69) is 9.88 Å². The summed E-state index contributed by atoms with van der Waals surface area (Å²) < 4.78 is 2.47. The molecule has 2 saturated carbocycles. The first kappa shape index (κ1) is 23.8. The number of carbonyl (C=O) groups is 2. The summed E-state index contributed by atoms with van der Waals surface area (Å²) in [6, 6.07) is 5.33. The lowest BCUT2D eigenvalue weighted by Crippen LogP contribution is -2.41. The number of aliphatic carboxylic acids is 1. The fraction of sp³-hybridized carbons (Fsp3) is 0.667. The maximum Gasteiger partial charge on any atom is 0.326 e. The Balaban J connectivity index is 1.60. The number of nitrogens with one attached hydrogen (secondary N) is 1. The molecule has 6 heteroatoms. The van der Waals surface area contributed by atoms with Crippen LogP contribution >= 0.6 is 0 Å². The van der Waals surface area contributed by atoms with Gasteiger partial charge in [-0.3, -0.25) is 4.79 Å². The molecule has 0 bridgehead atoms. The zero-order valence-electron chi connectivity index (χ0n) is 20.2. The molecule has 2 aliphatic carbocycles. The summed E-state index contributed by atoms with van der Waals surface area (Å²) >= 11 is 0. The fourth-order valence-corrected chi connectivity index (χ4v) is 5.69. The lowest BCUT2D eigenvalue weighted by molar-refractivity contribution is -0.139. The monoisotopic (exact) mass is 453 g/mol. The third-order valence-corrected chi connectivity index (χ3v) is 7.85. The van der Waals surface area contributed by atoms with Crippen LogP contribution in [0.1, 0.15) is 107 Å². The summed E-state index contributed by atoms with van der Waals surface area (Å²) in [5.74, 6) is 0.797. The number of hydrogen-bond donors (Lipinski definition) is 2. The van der Waals surface area contributed by atoms with E-state index < -0.39 is 12.0 Å². The predicted molar refractivity (Wildman–Crippen MR) is 130 cm³/mol. The third kappa shape index (κ3) is 5.59. The van der Waals surface area contributed by atoms with E-state index in [1.165, 1.54) is 63.6 Å². The van der Waals surface area contributed by atoms with Crippen LogP contribution in [0.2, 0.25) is 0 Å². The van der Waals surface area contributed by atoms with E-state index in [0.29, 0.717) is 23.9 Å². The Morgan fingerprint density at radius 1 is 1.12 bits per heavy atom. The van der Waals surface area contributed by atoms with Gasteiger partial charge in [0, 0.05) is 18.0 Å². The Kier molecular flexibility index (Phi) is 7.71. The number of carboxylic acid groups (broad SMARTS) is 1. The minimum Gasteiger partial charge on any atom is -0.480 e. The molecule has 2 fully saturated rings. The van der Waals surface area contributed by atoms with Crippen molar-refractivity contribution in [1.82, 2.24) is 14.9 Å². The summed E-state index contributed by atoms with van der Waals surface area (Å²) in [6.45, 7) is 4.04. The van der Waals surface area contributed by atoms with E-state index in [1.807, 2.05) is 32.0 Å². The molecule has 33 heavy (non-hydrogen) atoms. The van der Waals surface area contributed by atoms with Crippen LogP contribution in [0.25, 0.3) is 11.0 Å². The molecular weight excluding hydrogens is 414 g/mol. The molecule has 1 aromatic heterocycles. The second-order valence-corrected chi connectivity index (χ2v) is 10.4. The van der Waals surface area contributed by atoms with E-state index in [0.717, 1.165) is 23.9 Å². The van der Waals surface area contributed by atoms with Gasteiger partial charge in [0.1, 0.15) is 11.9 Å². The molecule has 2 aromatic rings. The van der Waals surface area contributed by atoms with E-state index in [9.17, 15) is 14.7 Å². The van der Waals surface area contributed by atoms with Crippen molar-refractivity contribution in [2.24, 2.45) is 11.8 Å². The van der Waals surface area contributed by atoms with Gasteiger partial charge >= 0.3 is 5.97 Å². The van der Waals surface area contributed by atoms with Crippen LogP contribution in [0.3, 0.4) is 0 Å². The smallest absolute Gasteiger partial charge is 0.326 e. The van der Waals surface area contributed by atoms with Crippen LogP contribution in [-0.4, -0.2) is 32.6 Å². The Hall–Kier alpha value is -2.37. The molecule has 6 nitrogen and oxygen atoms in total. The normalized spacial score (nSPS) is 19.6. The van der Waals surface area contributed by atoms with Crippen LogP contribution in [0.4, 0.5) is 0 Å². The largest absolute Gasteiger partial charge is 0.480 e. The molecule has 2 atom stereocenters. The highest BCUT2D eigenvalue weighted by molar-refractivity contribution is 5.99. The van der Waals surface area contributed by atoms with Crippen molar-refractivity contribution in [2.75, 3.05) is 0 Å². The molecule has 1 amide bonds. The summed E-state index contributed by atoms with van der Waals surface area (Å²) in [5.41, 5.74) is 2.45. The lowest BCUT2D eigenvalue weighted by atomic mass is 9.94. The van der Waals surface area contributed by atoms with Gasteiger partial charge in [-0.05, 0) is 49.3 Å². The van der Waals surface area contributed by atoms with Crippen molar-refractivity contribution in [3.05, 3.63) is 29.6 Å². The van der Waals surface area contributed by atoms with Gasteiger partial charge in [-0.1, -0.05) is 65.2 Å². The third-order valence-electron chi connectivity index (χ3n) is 7.85. The highest BCUT2D eigenvalue weighted by Crippen LogP contribution is 2.35. The van der Waals surface area contributed by atoms with Crippen LogP contribution in [-0.2, 0) is 11.2 Å². The first-order valence-electron chi connectivity index (χ1n) is 13.0. The van der Waals surface area contributed by atoms with Crippen molar-refractivity contribution >= 4 is 22.9 Å². The Morgan fingerprint density at radius 3 is 2.48 bits per heavy atom. The molecule has 4 rings (SSSR count). The van der Waals surface area contributed by atoms with Gasteiger partial charge in [0.05, 0.1) is 11.0 Å². The molecule has 1 heterocycles. The predicted octanol–water partition coefficient (Wildman–Crippen LogP) is 5.89. The minimum atomic E-state index is -0.981. The summed E-state index contributed by atoms with van der Waals surface area (Å²) in [5, 5.41) is 12.3. The Morgan fingerprint density at radius 2 is 1.82 bits per heavy atom. The zero-order chi connectivity index (χ0) is 23.4. The summed E-state index contributed by atoms with van der Waals surface area (Å²) in [7, 11) is 0. The zero-order valence-corrected chi connectivity index (χ0v) is 20.2. The second-order valence-electron chi connectivity index (χ2n) is 10.4. The van der Waals surface area contributed by atoms with E-state index in [-0.39, 0.29) is 11.8 Å². The number of fused-ring (bicyclic) bond motifs is 1. The summed E-state index contributed by atoms with van der Waals surface area (Å²) in [6.07, 6.45) is 13.8. The molecule has 0 radical (unpaired) electrons. The average Bonchev–Trinajstić information content (AvgIpc) is 3.45. The quantitative estimate of drug-likeness (QED) is 0.495. The molecule has 0 saturated heterocycles. The van der Waals surface area contributed by atoms with Crippen molar-refractivity contribution in [1.29, 1.82) is 0 Å². The number of aromatic nitrogens is 2. The number of hydrogen-bond acceptors (Lipinski definition) is 3. The van der Waals surface area contributed by atoms with Crippen molar-refractivity contribution in [2.45, 2.75) is 103 Å². The number of nitrogens with zero attached hydrogens (tertiary/aromatic N) is 2. The molecule has 0 aliphatic heterocycles. The standard InChI is InChI=1S/C27H39N3O3/c1-3-18(2)15-23(27(32)33)29-26(31)20-13-14-24-22(17-20)28-25(16-19-9-7-8-10-19)30(24)21-11-5-4-6-12-21/h13-14,17-19,21,23H,3-12,15-16H2,1-2H3,(H,29,31)(H,32,33). The highest BCUT2D eigenvalue weighted by Gasteiger charge is 2.26.